The van der Waals surface area contributed by atoms with Gasteiger partial charge in [-0.1, -0.05) is 19.1 Å². The Bertz CT molecular complexity index is 1890. The van der Waals surface area contributed by atoms with Crippen LogP contribution in [-0.2, 0) is 11.2 Å². The summed E-state index contributed by atoms with van der Waals surface area (Å²) in [6, 6.07) is 10.7. The molecule has 5 rings (SSSR count). The lowest BCUT2D eigenvalue weighted by molar-refractivity contribution is -0.153. The summed E-state index contributed by atoms with van der Waals surface area (Å²) in [6.45, 7) is 1.16. The number of furan rings is 1. The fourth-order valence-electron chi connectivity index (χ4n) is 4.88. The van der Waals surface area contributed by atoms with Crippen molar-refractivity contribution in [3.63, 3.8) is 0 Å². The van der Waals surface area contributed by atoms with Crippen LogP contribution >= 0.6 is 0 Å². The highest BCUT2D eigenvalue weighted by molar-refractivity contribution is 5.95. The number of alkyl halides is 3. The van der Waals surface area contributed by atoms with Gasteiger partial charge >= 0.3 is 6.18 Å². The van der Waals surface area contributed by atoms with Gasteiger partial charge in [-0.15, -0.1) is 0 Å². The van der Waals surface area contributed by atoms with Crippen molar-refractivity contribution in [1.82, 2.24) is 29.8 Å². The van der Waals surface area contributed by atoms with Crippen LogP contribution in [0.3, 0.4) is 0 Å². The summed E-state index contributed by atoms with van der Waals surface area (Å²) in [5.41, 5.74) is 3.28. The van der Waals surface area contributed by atoms with E-state index < -0.39 is 12.8 Å². The molecule has 4 N–H and O–H groups in total. The number of nitrogens with one attached hydrogen (secondary N) is 3. The molecule has 0 saturated heterocycles. The summed E-state index contributed by atoms with van der Waals surface area (Å²) >= 11 is 0. The number of carbonyl (C=O) groups excluding carboxylic acids is 1. The number of rotatable bonds is 15. The minimum atomic E-state index is -4.63. The van der Waals surface area contributed by atoms with E-state index in [1.807, 2.05) is 43.3 Å². The molecule has 0 unspecified atom stereocenters. The monoisotopic (exact) mass is 681 g/mol. The Morgan fingerprint density at radius 2 is 1.88 bits per heavy atom. The second-order valence-corrected chi connectivity index (χ2v) is 11.5. The summed E-state index contributed by atoms with van der Waals surface area (Å²) in [6.07, 6.45) is -0.401. The van der Waals surface area contributed by atoms with Crippen molar-refractivity contribution in [2.75, 3.05) is 63.0 Å². The summed E-state index contributed by atoms with van der Waals surface area (Å²) in [5, 5.41) is 16.1. The van der Waals surface area contributed by atoms with Crippen LogP contribution in [0, 0.1) is 0 Å². The zero-order valence-corrected chi connectivity index (χ0v) is 27.6. The molecular formula is C33H38F3N9O4. The van der Waals surface area contributed by atoms with E-state index in [-0.39, 0.29) is 48.0 Å². The number of aromatic amines is 1. The summed E-state index contributed by atoms with van der Waals surface area (Å²) in [5.74, 6) is 0.217. The van der Waals surface area contributed by atoms with E-state index in [9.17, 15) is 23.1 Å². The third kappa shape index (κ3) is 9.03. The molecule has 0 bridgehead atoms. The number of nitrogens with zero attached hydrogens (tertiary/aromatic N) is 6. The van der Waals surface area contributed by atoms with Crippen LogP contribution in [-0.4, -0.2) is 94.5 Å². The molecule has 0 atom stereocenters. The lowest BCUT2D eigenvalue weighted by Crippen LogP contribution is -2.30. The Hall–Kier alpha value is -5.22. The normalized spacial score (nSPS) is 11.7. The molecule has 0 spiro atoms. The van der Waals surface area contributed by atoms with E-state index >= 15 is 0 Å². The first-order chi connectivity index (χ1) is 23.4. The largest absolute Gasteiger partial charge is 0.466 e. The van der Waals surface area contributed by atoms with E-state index in [1.165, 1.54) is 12.3 Å². The molecule has 5 aromatic rings. The zero-order chi connectivity index (χ0) is 35.1. The molecule has 1 aromatic carbocycles. The number of H-pyrrole nitrogens is 1. The Morgan fingerprint density at radius 3 is 2.61 bits per heavy atom. The second kappa shape index (κ2) is 15.3. The molecule has 0 aliphatic carbocycles. The topological polar surface area (TPSA) is 158 Å². The van der Waals surface area contributed by atoms with Crippen LogP contribution in [0.4, 0.5) is 36.3 Å². The number of pyridine rings is 1. The first-order valence-electron chi connectivity index (χ1n) is 15.6. The molecule has 4 aromatic heterocycles. The van der Waals surface area contributed by atoms with Crippen molar-refractivity contribution >= 4 is 40.0 Å². The van der Waals surface area contributed by atoms with Crippen molar-refractivity contribution < 1.29 is 32.2 Å². The van der Waals surface area contributed by atoms with E-state index in [0.717, 1.165) is 10.9 Å². The van der Waals surface area contributed by atoms with Gasteiger partial charge in [-0.2, -0.15) is 18.2 Å². The van der Waals surface area contributed by atoms with Gasteiger partial charge in [-0.25, -0.2) is 15.0 Å². The number of hydrogen-bond donors (Lipinski definition) is 4. The van der Waals surface area contributed by atoms with Gasteiger partial charge in [0, 0.05) is 56.7 Å². The molecule has 0 radical (unpaired) electrons. The number of aromatic nitrogens is 5. The van der Waals surface area contributed by atoms with Crippen LogP contribution in [0.25, 0.3) is 33.6 Å². The predicted octanol–water partition coefficient (Wildman–Crippen LogP) is 5.63. The van der Waals surface area contributed by atoms with E-state index in [1.54, 1.807) is 31.2 Å². The van der Waals surface area contributed by atoms with Crippen molar-refractivity contribution in [2.24, 2.45) is 0 Å². The number of likely N-dealkylation sites (N-methyl/N-ethyl adjacent to an activating group) is 2. The Balaban J connectivity index is 1.55. The molecule has 0 aliphatic heterocycles. The zero-order valence-electron chi connectivity index (χ0n) is 27.6. The highest BCUT2D eigenvalue weighted by Crippen LogP contribution is 2.37. The summed E-state index contributed by atoms with van der Waals surface area (Å²) in [7, 11) is 5.50. The van der Waals surface area contributed by atoms with Gasteiger partial charge in [0.05, 0.1) is 29.0 Å². The van der Waals surface area contributed by atoms with Gasteiger partial charge in [0.25, 0.3) is 0 Å². The highest BCUT2D eigenvalue weighted by Gasteiger charge is 2.30. The number of benzene rings is 1. The number of carbonyl (C=O) groups is 1. The predicted molar refractivity (Wildman–Crippen MR) is 180 cm³/mol. The number of halogens is 3. The molecule has 0 saturated carbocycles. The number of hydrogen-bond acceptors (Lipinski definition) is 11. The number of amides is 1. The minimum Gasteiger partial charge on any atom is -0.466 e. The van der Waals surface area contributed by atoms with E-state index in [2.05, 4.69) is 30.6 Å². The first kappa shape index (κ1) is 35.1. The van der Waals surface area contributed by atoms with Gasteiger partial charge in [-0.05, 0) is 44.8 Å². The van der Waals surface area contributed by atoms with Crippen LogP contribution < -0.4 is 20.3 Å². The van der Waals surface area contributed by atoms with E-state index in [4.69, 9.17) is 14.1 Å². The van der Waals surface area contributed by atoms with Crippen molar-refractivity contribution in [2.45, 2.75) is 32.4 Å². The average molecular weight is 682 g/mol. The van der Waals surface area contributed by atoms with Crippen LogP contribution in [0.5, 0.6) is 5.88 Å². The van der Waals surface area contributed by atoms with Crippen LogP contribution in [0.1, 0.15) is 25.6 Å². The molecule has 1 amide bonds. The van der Waals surface area contributed by atoms with Gasteiger partial charge < -0.3 is 39.7 Å². The number of aliphatic hydroxyl groups excluding tert-OH is 1. The molecule has 260 valence electrons. The van der Waals surface area contributed by atoms with Crippen LogP contribution in [0.2, 0.25) is 0 Å². The molecule has 13 nitrogen and oxygen atoms in total. The Kier molecular flexibility index (Phi) is 11.0. The molecule has 4 heterocycles. The van der Waals surface area contributed by atoms with Crippen molar-refractivity contribution in [3.8, 4) is 28.5 Å². The molecule has 0 fully saturated rings. The van der Waals surface area contributed by atoms with E-state index in [0.29, 0.717) is 54.4 Å². The SMILES string of the molecule is CCC(=O)Nc1cc(Nc2nccc(-c3[nH]c(CCCO)nc3-c3ccc4ccoc4c3)n2)c(OCC(F)(F)F)nc1N(C)CCN(C)C. The number of fused-ring (bicyclic) bond motifs is 1. The smallest absolute Gasteiger partial charge is 0.422 e. The Labute approximate surface area is 280 Å². The number of aryl methyl sites for hydroxylation is 1. The maximum absolute atomic E-state index is 13.3. The lowest BCUT2D eigenvalue weighted by atomic mass is 10.1. The lowest BCUT2D eigenvalue weighted by Gasteiger charge is -2.25. The summed E-state index contributed by atoms with van der Waals surface area (Å²) in [4.78, 5) is 37.6. The number of aliphatic hydroxyl groups is 1. The molecule has 16 heteroatoms. The van der Waals surface area contributed by atoms with Gasteiger partial charge in [-0.3, -0.25) is 4.79 Å². The summed E-state index contributed by atoms with van der Waals surface area (Å²) < 4.78 is 50.8. The standard InChI is InChI=1S/C33H38F3N9O4/c1-5-27(47)38-23-18-24(31(49-19-33(34,35)36)43-30(23)45(4)14-13-44(2)3)40-32-37-12-10-22(39-32)29-28(41-26(42-29)7-6-15-46)21-9-8-20-11-16-48-25(20)17-21/h8-12,16-18,46H,5-7,13-15,19H2,1-4H3,(H,38,47)(H,41,42)(H,37,39,40). The fraction of sp³-hybridized carbons (Fsp3) is 0.364. The molecule has 49 heavy (non-hydrogen) atoms. The maximum atomic E-state index is 13.3. The molecule has 0 aliphatic rings. The minimum absolute atomic E-state index is 0.00861. The maximum Gasteiger partial charge on any atom is 0.422 e. The average Bonchev–Trinajstić information content (AvgIpc) is 3.72. The van der Waals surface area contributed by atoms with Crippen molar-refractivity contribution in [1.29, 1.82) is 0 Å². The number of ether oxygens (including phenoxy) is 1. The second-order valence-electron chi connectivity index (χ2n) is 11.5. The highest BCUT2D eigenvalue weighted by atomic mass is 19.4. The van der Waals surface area contributed by atoms with Gasteiger partial charge in [0.1, 0.15) is 17.1 Å². The van der Waals surface area contributed by atoms with Gasteiger partial charge in [0.2, 0.25) is 17.7 Å². The Morgan fingerprint density at radius 1 is 1.06 bits per heavy atom. The van der Waals surface area contributed by atoms with Crippen molar-refractivity contribution in [3.05, 3.63) is 54.7 Å². The third-order valence-corrected chi connectivity index (χ3v) is 7.39. The quantitative estimate of drug-likeness (QED) is 0.109. The number of anilines is 4. The number of imidazole rings is 1. The third-order valence-electron chi connectivity index (χ3n) is 7.39. The molecular weight excluding hydrogens is 643 g/mol. The fourth-order valence-corrected chi connectivity index (χ4v) is 4.88. The first-order valence-corrected chi connectivity index (χ1v) is 15.6. The van der Waals surface area contributed by atoms with Gasteiger partial charge in [0.15, 0.2) is 12.4 Å². The van der Waals surface area contributed by atoms with Crippen LogP contribution in [0.15, 0.2) is 53.3 Å².